The molecule has 0 aliphatic heterocycles. The number of carboxylic acids is 1. The summed E-state index contributed by atoms with van der Waals surface area (Å²) in [5, 5.41) is 13.2. The average Bonchev–Trinajstić information content (AvgIpc) is 2.39. The largest absolute Gasteiger partial charge is 0.477 e. The molecule has 0 saturated carbocycles. The third kappa shape index (κ3) is 2.58. The standard InChI is InChI=1S/C13H11BrN2O3/c1-2-10-12(13(18)19)11(17)7-15-16(10)9-5-3-8(14)4-6-9/h3-7H,2H2,1H3,(H,18,19). The lowest BCUT2D eigenvalue weighted by Gasteiger charge is -2.12. The van der Waals surface area contributed by atoms with Crippen LogP contribution in [0.2, 0.25) is 0 Å². The lowest BCUT2D eigenvalue weighted by Crippen LogP contribution is -2.23. The van der Waals surface area contributed by atoms with E-state index in [1.165, 1.54) is 4.68 Å². The van der Waals surface area contributed by atoms with E-state index >= 15 is 0 Å². The topological polar surface area (TPSA) is 72.2 Å². The van der Waals surface area contributed by atoms with E-state index < -0.39 is 11.4 Å². The number of aromatic carboxylic acids is 1. The molecule has 0 spiro atoms. The van der Waals surface area contributed by atoms with E-state index in [-0.39, 0.29) is 5.56 Å². The van der Waals surface area contributed by atoms with Crippen LogP contribution in [0.5, 0.6) is 0 Å². The van der Waals surface area contributed by atoms with Gasteiger partial charge < -0.3 is 5.11 Å². The molecule has 0 atom stereocenters. The fourth-order valence-corrected chi connectivity index (χ4v) is 2.12. The van der Waals surface area contributed by atoms with Gasteiger partial charge in [-0.1, -0.05) is 22.9 Å². The van der Waals surface area contributed by atoms with Crippen molar-refractivity contribution in [2.75, 3.05) is 0 Å². The normalized spacial score (nSPS) is 10.4. The molecule has 2 aromatic rings. The first-order valence-electron chi connectivity index (χ1n) is 5.65. The number of hydrogen-bond acceptors (Lipinski definition) is 3. The maximum Gasteiger partial charge on any atom is 0.341 e. The molecule has 0 unspecified atom stereocenters. The zero-order chi connectivity index (χ0) is 14.0. The zero-order valence-corrected chi connectivity index (χ0v) is 11.7. The molecular formula is C13H11BrN2O3. The Morgan fingerprint density at radius 2 is 2.00 bits per heavy atom. The van der Waals surface area contributed by atoms with Crippen molar-refractivity contribution in [3.05, 3.63) is 56.4 Å². The first-order chi connectivity index (χ1) is 9.04. The van der Waals surface area contributed by atoms with Crippen LogP contribution in [0, 0.1) is 0 Å². The van der Waals surface area contributed by atoms with Crippen molar-refractivity contribution in [2.24, 2.45) is 0 Å². The van der Waals surface area contributed by atoms with Gasteiger partial charge in [-0.15, -0.1) is 0 Å². The van der Waals surface area contributed by atoms with Gasteiger partial charge in [-0.25, -0.2) is 9.48 Å². The third-order valence-corrected chi connectivity index (χ3v) is 3.23. The summed E-state index contributed by atoms with van der Waals surface area (Å²) in [7, 11) is 0. The highest BCUT2D eigenvalue weighted by atomic mass is 79.9. The highest BCUT2D eigenvalue weighted by Gasteiger charge is 2.17. The van der Waals surface area contributed by atoms with E-state index in [0.29, 0.717) is 17.8 Å². The number of nitrogens with zero attached hydrogens (tertiary/aromatic N) is 2. The van der Waals surface area contributed by atoms with Crippen molar-refractivity contribution in [2.45, 2.75) is 13.3 Å². The van der Waals surface area contributed by atoms with Gasteiger partial charge in [0, 0.05) is 4.47 Å². The average molecular weight is 323 g/mol. The van der Waals surface area contributed by atoms with Gasteiger partial charge in [0.25, 0.3) is 0 Å². The second kappa shape index (κ2) is 5.36. The molecule has 0 aliphatic carbocycles. The molecule has 0 radical (unpaired) electrons. The summed E-state index contributed by atoms with van der Waals surface area (Å²) in [5.41, 5.74) is 0.308. The molecule has 1 aromatic heterocycles. The molecule has 2 rings (SSSR count). The monoisotopic (exact) mass is 322 g/mol. The Bertz CT molecular complexity index is 677. The van der Waals surface area contributed by atoms with Crippen LogP contribution in [0.1, 0.15) is 23.0 Å². The van der Waals surface area contributed by atoms with Crippen LogP contribution >= 0.6 is 15.9 Å². The van der Waals surface area contributed by atoms with Gasteiger partial charge in [0.15, 0.2) is 0 Å². The zero-order valence-electron chi connectivity index (χ0n) is 10.1. The predicted octanol–water partition coefficient (Wildman–Crippen LogP) is 2.26. The van der Waals surface area contributed by atoms with Crippen molar-refractivity contribution in [1.29, 1.82) is 0 Å². The summed E-state index contributed by atoms with van der Waals surface area (Å²) in [6, 6.07) is 7.25. The van der Waals surface area contributed by atoms with Gasteiger partial charge in [0.1, 0.15) is 5.56 Å². The van der Waals surface area contributed by atoms with Crippen LogP contribution in [0.3, 0.4) is 0 Å². The predicted molar refractivity (Wildman–Crippen MR) is 73.9 cm³/mol. The van der Waals surface area contributed by atoms with Gasteiger partial charge in [-0.05, 0) is 30.7 Å². The minimum atomic E-state index is -1.23. The maximum absolute atomic E-state index is 11.6. The highest BCUT2D eigenvalue weighted by Crippen LogP contribution is 2.16. The minimum Gasteiger partial charge on any atom is -0.477 e. The third-order valence-electron chi connectivity index (χ3n) is 2.70. The molecule has 0 amide bonds. The van der Waals surface area contributed by atoms with E-state index in [9.17, 15) is 9.59 Å². The second-order valence-corrected chi connectivity index (χ2v) is 4.79. The number of benzene rings is 1. The number of rotatable bonds is 3. The molecule has 5 nitrogen and oxygen atoms in total. The van der Waals surface area contributed by atoms with E-state index in [4.69, 9.17) is 5.11 Å². The summed E-state index contributed by atoms with van der Waals surface area (Å²) < 4.78 is 2.39. The summed E-state index contributed by atoms with van der Waals surface area (Å²) >= 11 is 3.33. The molecule has 19 heavy (non-hydrogen) atoms. The quantitative estimate of drug-likeness (QED) is 0.940. The lowest BCUT2D eigenvalue weighted by molar-refractivity contribution is 0.0693. The van der Waals surface area contributed by atoms with Crippen molar-refractivity contribution in [3.63, 3.8) is 0 Å². The van der Waals surface area contributed by atoms with Crippen LogP contribution in [0.4, 0.5) is 0 Å². The van der Waals surface area contributed by atoms with Crippen LogP contribution in [-0.4, -0.2) is 20.9 Å². The first-order valence-corrected chi connectivity index (χ1v) is 6.44. The molecule has 1 N–H and O–H groups in total. The van der Waals surface area contributed by atoms with Crippen LogP contribution in [0.15, 0.2) is 39.7 Å². The van der Waals surface area contributed by atoms with Gasteiger partial charge >= 0.3 is 5.97 Å². The van der Waals surface area contributed by atoms with Crippen molar-refractivity contribution in [3.8, 4) is 5.69 Å². The molecule has 98 valence electrons. The smallest absolute Gasteiger partial charge is 0.341 e. The Morgan fingerprint density at radius 1 is 1.37 bits per heavy atom. The summed E-state index contributed by atoms with van der Waals surface area (Å²) in [4.78, 5) is 22.8. The van der Waals surface area contributed by atoms with Gasteiger partial charge in [0.05, 0.1) is 17.6 Å². The molecule has 0 bridgehead atoms. The van der Waals surface area contributed by atoms with E-state index in [1.807, 2.05) is 12.1 Å². The van der Waals surface area contributed by atoms with Crippen LogP contribution in [-0.2, 0) is 6.42 Å². The lowest BCUT2D eigenvalue weighted by atomic mass is 10.1. The van der Waals surface area contributed by atoms with Gasteiger partial charge in [0.2, 0.25) is 5.43 Å². The summed E-state index contributed by atoms with van der Waals surface area (Å²) in [5.74, 6) is -1.23. The van der Waals surface area contributed by atoms with E-state index in [1.54, 1.807) is 19.1 Å². The number of carboxylic acid groups (broad SMARTS) is 1. The van der Waals surface area contributed by atoms with Crippen molar-refractivity contribution >= 4 is 21.9 Å². The SMILES string of the molecule is CCc1c(C(=O)O)c(=O)cnn1-c1ccc(Br)cc1. The minimum absolute atomic E-state index is 0.222. The van der Waals surface area contributed by atoms with Gasteiger partial charge in [-0.2, -0.15) is 5.10 Å². The molecule has 1 aromatic carbocycles. The van der Waals surface area contributed by atoms with Crippen molar-refractivity contribution < 1.29 is 9.90 Å². The Labute approximate surface area is 117 Å². The summed E-state index contributed by atoms with van der Waals surface area (Å²) in [6.07, 6.45) is 1.44. The molecule has 6 heteroatoms. The number of halogens is 1. The number of aromatic nitrogens is 2. The summed E-state index contributed by atoms with van der Waals surface area (Å²) in [6.45, 7) is 1.79. The Kier molecular flexibility index (Phi) is 3.80. The molecular weight excluding hydrogens is 312 g/mol. The molecule has 1 heterocycles. The Hall–Kier alpha value is -1.95. The molecule has 0 saturated heterocycles. The van der Waals surface area contributed by atoms with Crippen LogP contribution in [0.25, 0.3) is 5.69 Å². The highest BCUT2D eigenvalue weighted by molar-refractivity contribution is 9.10. The van der Waals surface area contributed by atoms with Gasteiger partial charge in [-0.3, -0.25) is 4.79 Å². The fourth-order valence-electron chi connectivity index (χ4n) is 1.85. The molecule has 0 fully saturated rings. The Balaban J connectivity index is 2.71. The number of carbonyl (C=O) groups is 1. The molecule has 0 aliphatic rings. The van der Waals surface area contributed by atoms with E-state index in [2.05, 4.69) is 21.0 Å². The second-order valence-electron chi connectivity index (χ2n) is 3.88. The maximum atomic E-state index is 11.6. The van der Waals surface area contributed by atoms with Crippen LogP contribution < -0.4 is 5.43 Å². The Morgan fingerprint density at radius 3 is 2.53 bits per heavy atom. The first kappa shape index (κ1) is 13.5. The van der Waals surface area contributed by atoms with Crippen molar-refractivity contribution in [1.82, 2.24) is 9.78 Å². The number of hydrogen-bond donors (Lipinski definition) is 1. The van der Waals surface area contributed by atoms with E-state index in [0.717, 1.165) is 10.7 Å². The fraction of sp³-hybridized carbons (Fsp3) is 0.154.